The molecule has 0 saturated carbocycles. The summed E-state index contributed by atoms with van der Waals surface area (Å²) in [6.45, 7) is 2.22. The van der Waals surface area contributed by atoms with E-state index in [1.807, 2.05) is 0 Å². The number of halogens is 1. The van der Waals surface area contributed by atoms with E-state index in [9.17, 15) is 8.42 Å². The van der Waals surface area contributed by atoms with Crippen LogP contribution in [-0.2, 0) is 16.6 Å². The van der Waals surface area contributed by atoms with E-state index in [4.69, 9.17) is 11.6 Å². The zero-order chi connectivity index (χ0) is 13.9. The van der Waals surface area contributed by atoms with Crippen LogP contribution < -0.4 is 4.72 Å². The molecule has 0 bridgehead atoms. The molecule has 2 aromatic heterocycles. The van der Waals surface area contributed by atoms with E-state index in [0.717, 1.165) is 0 Å². The van der Waals surface area contributed by atoms with E-state index in [0.29, 0.717) is 6.54 Å². The number of aromatic nitrogens is 3. The fraction of sp³-hybridized carbons (Fsp3) is 0.273. The van der Waals surface area contributed by atoms with Crippen molar-refractivity contribution in [3.63, 3.8) is 0 Å². The molecule has 0 aliphatic carbocycles. The molecule has 0 fully saturated rings. The van der Waals surface area contributed by atoms with Gasteiger partial charge >= 0.3 is 0 Å². The van der Waals surface area contributed by atoms with Crippen LogP contribution in [0.25, 0.3) is 0 Å². The fourth-order valence-electron chi connectivity index (χ4n) is 1.61. The van der Waals surface area contributed by atoms with Crippen LogP contribution in [0.15, 0.2) is 41.7 Å². The predicted octanol–water partition coefficient (Wildman–Crippen LogP) is 1.30. The number of hydrogen-bond donors (Lipinski definition) is 1. The van der Waals surface area contributed by atoms with E-state index in [-0.39, 0.29) is 16.1 Å². The maximum atomic E-state index is 12.1. The Balaban J connectivity index is 2.09. The van der Waals surface area contributed by atoms with E-state index in [1.165, 1.54) is 18.3 Å². The largest absolute Gasteiger partial charge is 0.271 e. The van der Waals surface area contributed by atoms with Crippen LogP contribution in [0.1, 0.15) is 6.92 Å². The van der Waals surface area contributed by atoms with Crippen molar-refractivity contribution in [3.8, 4) is 0 Å². The van der Waals surface area contributed by atoms with Crippen molar-refractivity contribution in [2.75, 3.05) is 0 Å². The molecule has 0 aromatic carbocycles. The van der Waals surface area contributed by atoms with Crippen molar-refractivity contribution in [2.24, 2.45) is 0 Å². The average Bonchev–Trinajstić information content (AvgIpc) is 2.81. The van der Waals surface area contributed by atoms with Crippen LogP contribution in [0.4, 0.5) is 0 Å². The minimum Gasteiger partial charge on any atom is -0.271 e. The summed E-state index contributed by atoms with van der Waals surface area (Å²) in [5.74, 6) is 0. The molecule has 2 rings (SSSR count). The molecule has 0 aliphatic heterocycles. The molecular formula is C11H13ClN4O2S. The Morgan fingerprint density at radius 3 is 2.89 bits per heavy atom. The van der Waals surface area contributed by atoms with Gasteiger partial charge in [-0.1, -0.05) is 11.6 Å². The van der Waals surface area contributed by atoms with Gasteiger partial charge in [-0.05, 0) is 25.1 Å². The quantitative estimate of drug-likeness (QED) is 0.844. The first kappa shape index (κ1) is 14.0. The fourth-order valence-corrected chi connectivity index (χ4v) is 3.10. The topological polar surface area (TPSA) is 76.9 Å². The Kier molecular flexibility index (Phi) is 4.18. The molecule has 102 valence electrons. The van der Waals surface area contributed by atoms with Crippen LogP contribution in [0.2, 0.25) is 5.15 Å². The molecule has 2 aromatic rings. The van der Waals surface area contributed by atoms with Crippen molar-refractivity contribution >= 4 is 21.6 Å². The van der Waals surface area contributed by atoms with Crippen molar-refractivity contribution in [2.45, 2.75) is 24.4 Å². The van der Waals surface area contributed by atoms with Gasteiger partial charge in [-0.15, -0.1) is 0 Å². The Bertz CT molecular complexity index is 642. The summed E-state index contributed by atoms with van der Waals surface area (Å²) in [6, 6.07) is 4.19. The number of nitrogens with zero attached hydrogens (tertiary/aromatic N) is 3. The molecule has 19 heavy (non-hydrogen) atoms. The highest BCUT2D eigenvalue weighted by molar-refractivity contribution is 7.89. The van der Waals surface area contributed by atoms with Gasteiger partial charge < -0.3 is 0 Å². The van der Waals surface area contributed by atoms with Crippen molar-refractivity contribution in [1.29, 1.82) is 0 Å². The third-order valence-electron chi connectivity index (χ3n) is 2.38. The lowest BCUT2D eigenvalue weighted by atomic mass is 10.4. The predicted molar refractivity (Wildman–Crippen MR) is 71.3 cm³/mol. The molecule has 0 radical (unpaired) electrons. The lowest BCUT2D eigenvalue weighted by Gasteiger charge is -2.14. The number of sulfonamides is 1. The SMILES string of the molecule is CC(Cn1cccn1)NS(=O)(=O)c1ccnc(Cl)c1. The summed E-state index contributed by atoms with van der Waals surface area (Å²) in [5, 5.41) is 4.17. The lowest BCUT2D eigenvalue weighted by Crippen LogP contribution is -2.35. The monoisotopic (exact) mass is 300 g/mol. The highest BCUT2D eigenvalue weighted by atomic mass is 35.5. The third-order valence-corrected chi connectivity index (χ3v) is 4.18. The average molecular weight is 301 g/mol. The molecule has 1 atom stereocenters. The first-order valence-electron chi connectivity index (χ1n) is 5.59. The minimum absolute atomic E-state index is 0.0971. The van der Waals surface area contributed by atoms with Gasteiger partial charge in [-0.3, -0.25) is 4.68 Å². The van der Waals surface area contributed by atoms with E-state index >= 15 is 0 Å². The van der Waals surface area contributed by atoms with Crippen LogP contribution in [0.5, 0.6) is 0 Å². The molecule has 1 unspecified atom stereocenters. The van der Waals surface area contributed by atoms with Gasteiger partial charge in [0.05, 0.1) is 11.4 Å². The van der Waals surface area contributed by atoms with Gasteiger partial charge in [0.2, 0.25) is 10.0 Å². The van der Waals surface area contributed by atoms with Gasteiger partial charge in [-0.25, -0.2) is 18.1 Å². The third kappa shape index (κ3) is 3.76. The van der Waals surface area contributed by atoms with Crippen molar-refractivity contribution < 1.29 is 8.42 Å². The van der Waals surface area contributed by atoms with E-state index in [2.05, 4.69) is 14.8 Å². The Labute approximate surface area is 116 Å². The number of rotatable bonds is 5. The second-order valence-electron chi connectivity index (χ2n) is 4.06. The number of hydrogen-bond acceptors (Lipinski definition) is 4. The minimum atomic E-state index is -3.60. The highest BCUT2D eigenvalue weighted by Crippen LogP contribution is 2.13. The number of pyridine rings is 1. The first-order valence-corrected chi connectivity index (χ1v) is 7.45. The molecular weight excluding hydrogens is 288 g/mol. The standard InChI is InChI=1S/C11H13ClN4O2S/c1-9(8-16-6-2-4-14-16)15-19(17,18)10-3-5-13-11(12)7-10/h2-7,9,15H,8H2,1H3. The Morgan fingerprint density at radius 2 is 2.26 bits per heavy atom. The van der Waals surface area contributed by atoms with Gasteiger partial charge in [0.1, 0.15) is 5.15 Å². The second kappa shape index (κ2) is 5.68. The zero-order valence-corrected chi connectivity index (χ0v) is 11.8. The van der Waals surface area contributed by atoms with Crippen LogP contribution in [0, 0.1) is 0 Å². The normalized spacial score (nSPS) is 13.4. The van der Waals surface area contributed by atoms with Gasteiger partial charge in [0.25, 0.3) is 0 Å². The van der Waals surface area contributed by atoms with E-state index < -0.39 is 10.0 Å². The molecule has 2 heterocycles. The van der Waals surface area contributed by atoms with Crippen LogP contribution >= 0.6 is 11.6 Å². The van der Waals surface area contributed by atoms with Gasteiger partial charge in [0.15, 0.2) is 0 Å². The van der Waals surface area contributed by atoms with Crippen molar-refractivity contribution in [1.82, 2.24) is 19.5 Å². The molecule has 1 N–H and O–H groups in total. The summed E-state index contributed by atoms with van der Waals surface area (Å²) in [7, 11) is -3.60. The summed E-state index contributed by atoms with van der Waals surface area (Å²) < 4.78 is 28.4. The molecule has 8 heteroatoms. The molecule has 6 nitrogen and oxygen atoms in total. The van der Waals surface area contributed by atoms with E-state index in [1.54, 1.807) is 30.1 Å². The van der Waals surface area contributed by atoms with Gasteiger partial charge in [-0.2, -0.15) is 5.10 Å². The van der Waals surface area contributed by atoms with Crippen molar-refractivity contribution in [3.05, 3.63) is 41.9 Å². The summed E-state index contributed by atoms with van der Waals surface area (Å²) in [4.78, 5) is 3.85. The summed E-state index contributed by atoms with van der Waals surface area (Å²) >= 11 is 5.69. The Hall–Kier alpha value is -1.44. The van der Waals surface area contributed by atoms with Crippen LogP contribution in [0.3, 0.4) is 0 Å². The maximum absolute atomic E-state index is 12.1. The summed E-state index contributed by atoms with van der Waals surface area (Å²) in [5.41, 5.74) is 0. The zero-order valence-electron chi connectivity index (χ0n) is 10.2. The molecule has 0 spiro atoms. The van der Waals surface area contributed by atoms with Crippen LogP contribution in [-0.4, -0.2) is 29.2 Å². The maximum Gasteiger partial charge on any atom is 0.241 e. The molecule has 0 saturated heterocycles. The highest BCUT2D eigenvalue weighted by Gasteiger charge is 2.18. The molecule has 0 amide bonds. The smallest absolute Gasteiger partial charge is 0.241 e. The summed E-state index contributed by atoms with van der Waals surface area (Å²) in [6.07, 6.45) is 4.77. The molecule has 0 aliphatic rings. The first-order chi connectivity index (χ1) is 8.97. The van der Waals surface area contributed by atoms with Gasteiger partial charge in [0, 0.05) is 24.6 Å². The number of nitrogens with one attached hydrogen (secondary N) is 1. The second-order valence-corrected chi connectivity index (χ2v) is 6.17. The Morgan fingerprint density at radius 1 is 1.47 bits per heavy atom. The lowest BCUT2D eigenvalue weighted by molar-refractivity contribution is 0.494.